The van der Waals surface area contributed by atoms with Gasteiger partial charge in [-0.2, -0.15) is 0 Å². The highest BCUT2D eigenvalue weighted by Crippen LogP contribution is 2.30. The van der Waals surface area contributed by atoms with Crippen LogP contribution in [-0.4, -0.2) is 5.78 Å². The number of carbonyl (C=O) groups excluding carboxylic acids is 1. The highest BCUT2D eigenvalue weighted by atomic mass is 79.9. The number of carbonyl (C=O) groups is 1. The Bertz CT molecular complexity index is 385. The summed E-state index contributed by atoms with van der Waals surface area (Å²) >= 11 is 9.35. The number of Topliss-reactive ketones (excluding diaryl/α,β-unsaturated/α-hetero) is 1. The zero-order chi connectivity index (χ0) is 11.6. The molecule has 1 aromatic rings. The molecule has 0 heterocycles. The molecule has 0 aliphatic heterocycles. The van der Waals surface area contributed by atoms with Gasteiger partial charge in [0.15, 0.2) is 5.78 Å². The Hall–Kier alpha value is -0.340. The van der Waals surface area contributed by atoms with Crippen molar-refractivity contribution in [3.63, 3.8) is 0 Å². The SMILES string of the molecule is CCC(C)(C)C(=O)c1ccc(Br)cc1Cl. The molecule has 0 amide bonds. The van der Waals surface area contributed by atoms with Gasteiger partial charge >= 0.3 is 0 Å². The Morgan fingerprint density at radius 1 is 1.47 bits per heavy atom. The summed E-state index contributed by atoms with van der Waals surface area (Å²) in [6.07, 6.45) is 0.804. The molecular weight excluding hydrogens is 275 g/mol. The van der Waals surface area contributed by atoms with Gasteiger partial charge in [-0.25, -0.2) is 0 Å². The van der Waals surface area contributed by atoms with Crippen molar-refractivity contribution < 1.29 is 4.79 Å². The lowest BCUT2D eigenvalue weighted by molar-refractivity contribution is 0.0833. The molecule has 15 heavy (non-hydrogen) atoms. The smallest absolute Gasteiger partial charge is 0.169 e. The Labute approximate surface area is 104 Å². The van der Waals surface area contributed by atoms with E-state index in [0.29, 0.717) is 10.6 Å². The van der Waals surface area contributed by atoms with Crippen LogP contribution in [-0.2, 0) is 0 Å². The van der Waals surface area contributed by atoms with E-state index in [2.05, 4.69) is 15.9 Å². The van der Waals surface area contributed by atoms with E-state index in [1.54, 1.807) is 12.1 Å². The first-order chi connectivity index (χ1) is 6.88. The van der Waals surface area contributed by atoms with Gasteiger partial charge in [-0.3, -0.25) is 4.79 Å². The third-order valence-corrected chi connectivity index (χ3v) is 3.48. The van der Waals surface area contributed by atoms with Gasteiger partial charge in [0, 0.05) is 15.5 Å². The molecule has 1 nitrogen and oxygen atoms in total. The summed E-state index contributed by atoms with van der Waals surface area (Å²) in [5, 5.41) is 0.510. The molecule has 0 N–H and O–H groups in total. The van der Waals surface area contributed by atoms with Gasteiger partial charge in [0.05, 0.1) is 5.02 Å². The molecule has 0 aliphatic carbocycles. The lowest BCUT2D eigenvalue weighted by Crippen LogP contribution is -2.23. The Kier molecular flexibility index (Phi) is 3.96. The molecule has 0 unspecified atom stereocenters. The molecule has 0 aromatic heterocycles. The molecular formula is C12H14BrClO. The Morgan fingerprint density at radius 3 is 2.53 bits per heavy atom. The van der Waals surface area contributed by atoms with Crippen molar-refractivity contribution in [1.29, 1.82) is 0 Å². The average molecular weight is 290 g/mol. The maximum atomic E-state index is 12.1. The number of benzene rings is 1. The van der Waals surface area contributed by atoms with Gasteiger partial charge in [0.1, 0.15) is 0 Å². The molecule has 3 heteroatoms. The first-order valence-corrected chi connectivity index (χ1v) is 6.05. The van der Waals surface area contributed by atoms with Crippen LogP contribution in [0.2, 0.25) is 5.02 Å². The first-order valence-electron chi connectivity index (χ1n) is 4.88. The van der Waals surface area contributed by atoms with Gasteiger partial charge in [-0.05, 0) is 24.6 Å². The highest BCUT2D eigenvalue weighted by molar-refractivity contribution is 9.10. The fraction of sp³-hybridized carbons (Fsp3) is 0.417. The Morgan fingerprint density at radius 2 is 2.07 bits per heavy atom. The van der Waals surface area contributed by atoms with Gasteiger partial charge in [-0.1, -0.05) is 48.3 Å². The number of halogens is 2. The van der Waals surface area contributed by atoms with Gasteiger partial charge in [0.2, 0.25) is 0 Å². The van der Waals surface area contributed by atoms with Crippen LogP contribution in [0.1, 0.15) is 37.6 Å². The molecule has 0 fully saturated rings. The number of ketones is 1. The highest BCUT2D eigenvalue weighted by Gasteiger charge is 2.27. The number of rotatable bonds is 3. The predicted molar refractivity (Wildman–Crippen MR) is 67.6 cm³/mol. The molecule has 0 atom stereocenters. The number of hydrogen-bond acceptors (Lipinski definition) is 1. The molecule has 82 valence electrons. The van der Waals surface area contributed by atoms with E-state index in [9.17, 15) is 4.79 Å². The third kappa shape index (κ3) is 2.82. The lowest BCUT2D eigenvalue weighted by atomic mass is 9.82. The van der Waals surface area contributed by atoms with E-state index in [4.69, 9.17) is 11.6 Å². The minimum Gasteiger partial charge on any atom is -0.294 e. The summed E-state index contributed by atoms with van der Waals surface area (Å²) in [7, 11) is 0. The summed E-state index contributed by atoms with van der Waals surface area (Å²) in [5.74, 6) is 0.0995. The summed E-state index contributed by atoms with van der Waals surface area (Å²) in [6.45, 7) is 5.88. The Balaban J connectivity index is 3.12. The fourth-order valence-corrected chi connectivity index (χ4v) is 1.96. The van der Waals surface area contributed by atoms with Crippen molar-refractivity contribution in [3.8, 4) is 0 Å². The molecule has 0 saturated carbocycles. The molecule has 0 spiro atoms. The second-order valence-corrected chi connectivity index (χ2v) is 5.51. The number of hydrogen-bond donors (Lipinski definition) is 0. The van der Waals surface area contributed by atoms with Gasteiger partial charge in [-0.15, -0.1) is 0 Å². The van der Waals surface area contributed by atoms with Crippen LogP contribution in [0.3, 0.4) is 0 Å². The summed E-state index contributed by atoms with van der Waals surface area (Å²) < 4.78 is 0.887. The van der Waals surface area contributed by atoms with Crippen LogP contribution >= 0.6 is 27.5 Å². The van der Waals surface area contributed by atoms with E-state index in [1.165, 1.54) is 0 Å². The lowest BCUT2D eigenvalue weighted by Gasteiger charge is -2.21. The fourth-order valence-electron chi connectivity index (χ4n) is 1.20. The van der Waals surface area contributed by atoms with Gasteiger partial charge in [0.25, 0.3) is 0 Å². The molecule has 0 bridgehead atoms. The summed E-state index contributed by atoms with van der Waals surface area (Å²) in [4.78, 5) is 12.1. The van der Waals surface area contributed by atoms with E-state index in [1.807, 2.05) is 26.8 Å². The van der Waals surface area contributed by atoms with Crippen molar-refractivity contribution in [2.45, 2.75) is 27.2 Å². The van der Waals surface area contributed by atoms with E-state index in [0.717, 1.165) is 10.9 Å². The van der Waals surface area contributed by atoms with Crippen molar-refractivity contribution in [2.24, 2.45) is 5.41 Å². The molecule has 1 rings (SSSR count). The molecule has 0 saturated heterocycles. The third-order valence-electron chi connectivity index (χ3n) is 2.67. The normalized spacial score (nSPS) is 11.5. The summed E-state index contributed by atoms with van der Waals surface area (Å²) in [6, 6.07) is 5.36. The van der Waals surface area contributed by atoms with E-state index < -0.39 is 0 Å². The zero-order valence-electron chi connectivity index (χ0n) is 9.10. The monoisotopic (exact) mass is 288 g/mol. The van der Waals surface area contributed by atoms with Crippen LogP contribution < -0.4 is 0 Å². The summed E-state index contributed by atoms with van der Waals surface area (Å²) in [5.41, 5.74) is 0.254. The van der Waals surface area contributed by atoms with Crippen molar-refractivity contribution in [2.75, 3.05) is 0 Å². The quantitative estimate of drug-likeness (QED) is 0.736. The largest absolute Gasteiger partial charge is 0.294 e. The second kappa shape index (κ2) is 4.67. The molecule has 1 aromatic carbocycles. The van der Waals surface area contributed by atoms with Crippen LogP contribution in [0, 0.1) is 5.41 Å². The minimum atomic E-state index is -0.350. The van der Waals surface area contributed by atoms with E-state index >= 15 is 0 Å². The zero-order valence-corrected chi connectivity index (χ0v) is 11.4. The topological polar surface area (TPSA) is 17.1 Å². The minimum absolute atomic E-state index is 0.0995. The standard InChI is InChI=1S/C12H14BrClO/c1-4-12(2,3)11(15)9-6-5-8(13)7-10(9)14/h5-7H,4H2,1-3H3. The molecule has 0 radical (unpaired) electrons. The van der Waals surface area contributed by atoms with E-state index in [-0.39, 0.29) is 11.2 Å². The first kappa shape index (κ1) is 12.7. The predicted octanol–water partition coefficient (Wildman–Crippen LogP) is 4.72. The van der Waals surface area contributed by atoms with Crippen molar-refractivity contribution >= 4 is 33.3 Å². The van der Waals surface area contributed by atoms with Crippen LogP contribution in [0.15, 0.2) is 22.7 Å². The van der Waals surface area contributed by atoms with Crippen molar-refractivity contribution in [1.82, 2.24) is 0 Å². The maximum absolute atomic E-state index is 12.1. The molecule has 0 aliphatic rings. The van der Waals surface area contributed by atoms with Crippen LogP contribution in [0.5, 0.6) is 0 Å². The van der Waals surface area contributed by atoms with Gasteiger partial charge < -0.3 is 0 Å². The second-order valence-electron chi connectivity index (χ2n) is 4.19. The maximum Gasteiger partial charge on any atom is 0.169 e. The van der Waals surface area contributed by atoms with Crippen molar-refractivity contribution in [3.05, 3.63) is 33.3 Å². The van der Waals surface area contributed by atoms with Crippen LogP contribution in [0.4, 0.5) is 0 Å². The van der Waals surface area contributed by atoms with Crippen LogP contribution in [0.25, 0.3) is 0 Å². The average Bonchev–Trinajstić information content (AvgIpc) is 2.17.